The van der Waals surface area contributed by atoms with Crippen LogP contribution >= 0.6 is 0 Å². The van der Waals surface area contributed by atoms with E-state index in [1.54, 1.807) is 11.8 Å². The van der Waals surface area contributed by atoms with Crippen LogP contribution in [0.1, 0.15) is 43.7 Å². The van der Waals surface area contributed by atoms with Crippen LogP contribution in [0.15, 0.2) is 48.5 Å². The number of hydrogen-bond donors (Lipinski definition) is 2. The maximum absolute atomic E-state index is 13.3. The first kappa shape index (κ1) is 22.4. The van der Waals surface area contributed by atoms with Gasteiger partial charge >= 0.3 is 12.1 Å². The Kier molecular flexibility index (Phi) is 5.58. The van der Waals surface area contributed by atoms with Crippen LogP contribution in [-0.2, 0) is 14.3 Å². The first-order chi connectivity index (χ1) is 16.3. The molecule has 1 heterocycles. The molecule has 3 aliphatic rings. The number of amides is 2. The van der Waals surface area contributed by atoms with Crippen LogP contribution in [-0.4, -0.2) is 53.2 Å². The van der Waals surface area contributed by atoms with Gasteiger partial charge in [-0.05, 0) is 53.9 Å². The van der Waals surface area contributed by atoms with E-state index >= 15 is 0 Å². The summed E-state index contributed by atoms with van der Waals surface area (Å²) >= 11 is 0. The van der Waals surface area contributed by atoms with Crippen LogP contribution in [0, 0.1) is 17.8 Å². The number of carboxylic acid groups (broad SMARTS) is 1. The number of carbonyl (C=O) groups is 3. The molecular formula is C27H30N2O5. The molecule has 2 fully saturated rings. The van der Waals surface area contributed by atoms with Gasteiger partial charge in [0.05, 0.1) is 5.92 Å². The third-order valence-electron chi connectivity index (χ3n) is 7.97. The largest absolute Gasteiger partial charge is 0.481 e. The van der Waals surface area contributed by atoms with E-state index in [9.17, 15) is 19.5 Å². The van der Waals surface area contributed by atoms with Gasteiger partial charge in [-0.2, -0.15) is 0 Å². The Labute approximate surface area is 199 Å². The maximum atomic E-state index is 13.3. The number of nitrogens with one attached hydrogen (secondary N) is 1. The molecule has 7 heteroatoms. The third kappa shape index (κ3) is 3.73. The lowest BCUT2D eigenvalue weighted by Gasteiger charge is -2.36. The van der Waals surface area contributed by atoms with Crippen molar-refractivity contribution < 1.29 is 24.2 Å². The summed E-state index contributed by atoms with van der Waals surface area (Å²) in [7, 11) is 0. The Morgan fingerprint density at radius 2 is 1.68 bits per heavy atom. The number of carbonyl (C=O) groups excluding carboxylic acids is 2. The van der Waals surface area contributed by atoms with E-state index in [2.05, 4.69) is 29.6 Å². The van der Waals surface area contributed by atoms with E-state index in [4.69, 9.17) is 4.74 Å². The van der Waals surface area contributed by atoms with Crippen LogP contribution in [0.3, 0.4) is 0 Å². The van der Waals surface area contributed by atoms with Crippen molar-refractivity contribution in [3.8, 4) is 11.1 Å². The fraction of sp³-hybridized carbons (Fsp3) is 0.444. The highest BCUT2D eigenvalue weighted by molar-refractivity contribution is 5.90. The van der Waals surface area contributed by atoms with Gasteiger partial charge in [0.2, 0.25) is 5.91 Å². The highest BCUT2D eigenvalue weighted by atomic mass is 16.5. The monoisotopic (exact) mass is 462 g/mol. The van der Waals surface area contributed by atoms with E-state index in [-0.39, 0.29) is 36.2 Å². The lowest BCUT2D eigenvalue weighted by Crippen LogP contribution is -2.58. The molecule has 0 spiro atoms. The minimum Gasteiger partial charge on any atom is -0.481 e. The van der Waals surface area contributed by atoms with Gasteiger partial charge in [-0.3, -0.25) is 9.59 Å². The van der Waals surface area contributed by atoms with Gasteiger partial charge in [0, 0.05) is 19.0 Å². The Morgan fingerprint density at radius 1 is 1.06 bits per heavy atom. The van der Waals surface area contributed by atoms with Crippen molar-refractivity contribution in [1.29, 1.82) is 0 Å². The summed E-state index contributed by atoms with van der Waals surface area (Å²) in [6.07, 6.45) is 0.477. The zero-order valence-electron chi connectivity index (χ0n) is 19.5. The zero-order chi connectivity index (χ0) is 24.0. The van der Waals surface area contributed by atoms with E-state index < -0.39 is 17.6 Å². The zero-order valence-corrected chi connectivity index (χ0v) is 19.5. The number of piperidine rings is 1. The normalized spacial score (nSPS) is 24.3. The quantitative estimate of drug-likeness (QED) is 0.679. The summed E-state index contributed by atoms with van der Waals surface area (Å²) < 4.78 is 5.65. The van der Waals surface area contributed by atoms with Crippen molar-refractivity contribution in [2.45, 2.75) is 38.1 Å². The van der Waals surface area contributed by atoms with Crippen molar-refractivity contribution >= 4 is 18.0 Å². The highest BCUT2D eigenvalue weighted by Gasteiger charge is 2.58. The second-order valence-corrected chi connectivity index (χ2v) is 9.87. The average molecular weight is 463 g/mol. The second kappa shape index (κ2) is 8.46. The molecule has 2 N–H and O–H groups in total. The number of aliphatic carboxylic acids is 1. The molecule has 2 aromatic carbocycles. The number of nitrogens with zero attached hydrogens (tertiary/aromatic N) is 1. The van der Waals surface area contributed by atoms with Crippen molar-refractivity contribution in [3.05, 3.63) is 59.7 Å². The van der Waals surface area contributed by atoms with Gasteiger partial charge in [-0.15, -0.1) is 0 Å². The molecule has 34 heavy (non-hydrogen) atoms. The van der Waals surface area contributed by atoms with Gasteiger partial charge in [-0.25, -0.2) is 4.79 Å². The summed E-state index contributed by atoms with van der Waals surface area (Å²) in [5, 5.41) is 12.1. The molecule has 7 nitrogen and oxygen atoms in total. The number of ether oxygens (including phenoxy) is 1. The molecule has 1 saturated heterocycles. The van der Waals surface area contributed by atoms with Crippen molar-refractivity contribution in [3.63, 3.8) is 0 Å². The summed E-state index contributed by atoms with van der Waals surface area (Å²) in [6, 6.07) is 16.3. The van der Waals surface area contributed by atoms with Crippen LogP contribution in [0.2, 0.25) is 0 Å². The summed E-state index contributed by atoms with van der Waals surface area (Å²) in [6.45, 7) is 4.70. The van der Waals surface area contributed by atoms with Crippen LogP contribution < -0.4 is 5.32 Å². The number of fused-ring (bicyclic) bond motifs is 4. The third-order valence-corrected chi connectivity index (χ3v) is 7.97. The van der Waals surface area contributed by atoms with E-state index in [1.807, 2.05) is 31.2 Å². The first-order valence-electron chi connectivity index (χ1n) is 12.0. The molecule has 178 valence electrons. The predicted octanol–water partition coefficient (Wildman–Crippen LogP) is 3.87. The average Bonchev–Trinajstić information content (AvgIpc) is 3.49. The maximum Gasteiger partial charge on any atom is 0.408 e. The Morgan fingerprint density at radius 3 is 2.26 bits per heavy atom. The fourth-order valence-electron chi connectivity index (χ4n) is 5.79. The molecule has 0 aromatic heterocycles. The molecule has 1 saturated carbocycles. The van der Waals surface area contributed by atoms with Crippen LogP contribution in [0.25, 0.3) is 11.1 Å². The van der Waals surface area contributed by atoms with E-state index in [0.29, 0.717) is 25.9 Å². The lowest BCUT2D eigenvalue weighted by atomic mass is 9.95. The molecular weight excluding hydrogens is 432 g/mol. The lowest BCUT2D eigenvalue weighted by molar-refractivity contribution is -0.140. The summed E-state index contributed by atoms with van der Waals surface area (Å²) in [4.78, 5) is 39.2. The smallest absolute Gasteiger partial charge is 0.408 e. The predicted molar refractivity (Wildman–Crippen MR) is 126 cm³/mol. The summed E-state index contributed by atoms with van der Waals surface area (Å²) in [5.41, 5.74) is 3.47. The van der Waals surface area contributed by atoms with Crippen molar-refractivity contribution in [2.75, 3.05) is 19.7 Å². The molecule has 0 bridgehead atoms. The number of carboxylic acids is 1. The number of likely N-dealkylation sites (tertiary alicyclic amines) is 1. The SMILES string of the molecule is CCC(C)(NC(=O)OCC1c2ccccc2-c2ccccc21)C(=O)N1CC[C@@H]2C(C(=O)O)[C@@H]2C1. The van der Waals surface area contributed by atoms with Gasteiger partial charge in [0.1, 0.15) is 12.1 Å². The molecule has 2 amide bonds. The van der Waals surface area contributed by atoms with E-state index in [0.717, 1.165) is 22.3 Å². The standard InChI is InChI=1S/C27H30N2O5/c1-3-27(2,25(32)29-13-12-20-21(14-29)23(20)24(30)31)28-26(33)34-15-22-18-10-6-4-8-16(18)17-9-5-7-11-19(17)22/h4-11,20-23H,3,12-15H2,1-2H3,(H,28,33)(H,30,31)/t20-,21+,23?,27?/m0/s1. The number of benzene rings is 2. The van der Waals surface area contributed by atoms with Gasteiger partial charge < -0.3 is 20.1 Å². The topological polar surface area (TPSA) is 95.9 Å². The van der Waals surface area contributed by atoms with Crippen molar-refractivity contribution in [1.82, 2.24) is 10.2 Å². The highest BCUT2D eigenvalue weighted by Crippen LogP contribution is 2.52. The summed E-state index contributed by atoms with van der Waals surface area (Å²) in [5.74, 6) is -1.17. The number of rotatable bonds is 6. The Bertz CT molecular complexity index is 1100. The van der Waals surface area contributed by atoms with Crippen LogP contribution in [0.4, 0.5) is 4.79 Å². The van der Waals surface area contributed by atoms with Gasteiger partial charge in [0.25, 0.3) is 0 Å². The molecule has 4 atom stereocenters. The second-order valence-electron chi connectivity index (χ2n) is 9.87. The van der Waals surface area contributed by atoms with Crippen LogP contribution in [0.5, 0.6) is 0 Å². The van der Waals surface area contributed by atoms with E-state index in [1.165, 1.54) is 0 Å². The minimum absolute atomic E-state index is 0.0192. The first-order valence-corrected chi connectivity index (χ1v) is 12.0. The molecule has 0 radical (unpaired) electrons. The Hall–Kier alpha value is -3.35. The number of alkyl carbamates (subject to hydrolysis) is 1. The van der Waals surface area contributed by atoms with Gasteiger partial charge in [-0.1, -0.05) is 55.5 Å². The molecule has 2 aliphatic carbocycles. The fourth-order valence-corrected chi connectivity index (χ4v) is 5.79. The Balaban J connectivity index is 1.23. The van der Waals surface area contributed by atoms with Crippen molar-refractivity contribution in [2.24, 2.45) is 17.8 Å². The van der Waals surface area contributed by atoms with Gasteiger partial charge in [0.15, 0.2) is 0 Å². The molecule has 2 unspecified atom stereocenters. The molecule has 2 aromatic rings. The molecule has 5 rings (SSSR count). The minimum atomic E-state index is -1.11. The number of hydrogen-bond acceptors (Lipinski definition) is 4. The molecule has 1 aliphatic heterocycles.